The number of rotatable bonds is 3. The van der Waals surface area contributed by atoms with Crippen LogP contribution >= 0.6 is 10.2 Å². The van der Waals surface area contributed by atoms with Crippen molar-refractivity contribution in [3.63, 3.8) is 0 Å². The van der Waals surface area contributed by atoms with E-state index in [1.165, 1.54) is 11.5 Å². The van der Waals surface area contributed by atoms with Crippen molar-refractivity contribution in [1.29, 1.82) is 0 Å². The van der Waals surface area contributed by atoms with Crippen LogP contribution in [-0.2, 0) is 0 Å². The van der Waals surface area contributed by atoms with Crippen LogP contribution in [0.25, 0.3) is 0 Å². The average molecular weight is 149 g/mol. The van der Waals surface area contributed by atoms with E-state index in [1.54, 1.807) is 0 Å². The molecule has 0 unspecified atom stereocenters. The zero-order valence-corrected chi connectivity index (χ0v) is 7.79. The van der Waals surface area contributed by atoms with Crippen LogP contribution in [0.4, 0.5) is 0 Å². The van der Waals surface area contributed by atoms with Crippen molar-refractivity contribution in [3.8, 4) is 0 Å². The quantitative estimate of drug-likeness (QED) is 0.653. The molecule has 1 nitrogen and oxygen atoms in total. The Morgan fingerprint density at radius 1 is 1.22 bits per heavy atom. The van der Waals surface area contributed by atoms with Crippen LogP contribution in [0, 0.1) is 0 Å². The van der Waals surface area contributed by atoms with Gasteiger partial charge in [-0.3, -0.25) is 5.14 Å². The molecule has 0 rings (SSSR count). The van der Waals surface area contributed by atoms with Gasteiger partial charge in [0.2, 0.25) is 0 Å². The van der Waals surface area contributed by atoms with Crippen LogP contribution in [0.5, 0.6) is 0 Å². The second-order valence-corrected chi connectivity index (χ2v) is 6.74. The van der Waals surface area contributed by atoms with Crippen LogP contribution < -0.4 is 5.14 Å². The molecule has 2 heteroatoms. The summed E-state index contributed by atoms with van der Waals surface area (Å²) in [6, 6.07) is 0. The maximum atomic E-state index is 6.12. The summed E-state index contributed by atoms with van der Waals surface area (Å²) < 4.78 is 0. The largest absolute Gasteiger partial charge is 0.294 e. The first kappa shape index (κ1) is 9.31. The van der Waals surface area contributed by atoms with Crippen molar-refractivity contribution in [2.45, 2.75) is 32.9 Å². The second kappa shape index (κ2) is 3.47. The van der Waals surface area contributed by atoms with Gasteiger partial charge in [0.25, 0.3) is 0 Å². The molecular formula is C7H19NS. The highest BCUT2D eigenvalue weighted by molar-refractivity contribution is 8.32. The van der Waals surface area contributed by atoms with Gasteiger partial charge < -0.3 is 0 Å². The van der Waals surface area contributed by atoms with Crippen molar-refractivity contribution in [1.82, 2.24) is 0 Å². The van der Waals surface area contributed by atoms with E-state index in [0.29, 0.717) is 5.25 Å². The van der Waals surface area contributed by atoms with Gasteiger partial charge >= 0.3 is 0 Å². The first-order valence-electron chi connectivity index (χ1n) is 3.62. The average Bonchev–Trinajstić information content (AvgIpc) is 1.86. The third-order valence-electron chi connectivity index (χ3n) is 2.01. The van der Waals surface area contributed by atoms with E-state index < -0.39 is 10.2 Å². The lowest BCUT2D eigenvalue weighted by molar-refractivity contribution is 1.07. The number of hydrogen-bond acceptors (Lipinski definition) is 1. The summed E-state index contributed by atoms with van der Waals surface area (Å²) >= 11 is 0. The molecule has 2 N–H and O–H groups in total. The minimum atomic E-state index is -0.731. The lowest BCUT2D eigenvalue weighted by atomic mass is 10.6. The first-order chi connectivity index (χ1) is 4.06. The molecule has 0 spiro atoms. The topological polar surface area (TPSA) is 26.0 Å². The van der Waals surface area contributed by atoms with Gasteiger partial charge in [-0.1, -0.05) is 27.7 Å². The van der Waals surface area contributed by atoms with Crippen molar-refractivity contribution in [3.05, 3.63) is 0 Å². The Hall–Kier alpha value is 0.310. The van der Waals surface area contributed by atoms with Crippen molar-refractivity contribution >= 4 is 10.2 Å². The first-order valence-corrected chi connectivity index (χ1v) is 5.72. The molecule has 0 aliphatic heterocycles. The summed E-state index contributed by atoms with van der Waals surface area (Å²) in [6.45, 7) is 8.84. The van der Waals surface area contributed by atoms with Crippen LogP contribution in [0.1, 0.15) is 27.7 Å². The third-order valence-corrected chi connectivity index (χ3v) is 6.04. The predicted octanol–water partition coefficient (Wildman–Crippen LogP) is 2.11. The molecule has 0 amide bonds. The van der Waals surface area contributed by atoms with E-state index in [0.717, 1.165) is 0 Å². The molecule has 9 heavy (non-hydrogen) atoms. The van der Waals surface area contributed by atoms with E-state index in [4.69, 9.17) is 5.14 Å². The summed E-state index contributed by atoms with van der Waals surface area (Å²) in [5.41, 5.74) is 0. The van der Waals surface area contributed by atoms with E-state index >= 15 is 0 Å². The smallest absolute Gasteiger partial charge is 0.00544 e. The Morgan fingerprint density at radius 3 is 1.56 bits per heavy atom. The molecule has 0 aromatic heterocycles. The minimum absolute atomic E-state index is 0.687. The highest BCUT2D eigenvalue weighted by atomic mass is 32.3. The second-order valence-electron chi connectivity index (χ2n) is 2.63. The lowest BCUT2D eigenvalue weighted by Gasteiger charge is -2.37. The Balaban J connectivity index is 3.92. The van der Waals surface area contributed by atoms with E-state index in [-0.39, 0.29) is 0 Å². The standard InChI is InChI=1S/C7H19NS/c1-5-9(8,6-2)7(3)4/h7H,5-6,8H2,1-4H3. The molecule has 0 radical (unpaired) electrons. The molecule has 0 aliphatic rings. The van der Waals surface area contributed by atoms with Crippen LogP contribution in [0.3, 0.4) is 0 Å². The fourth-order valence-electron chi connectivity index (χ4n) is 0.871. The Kier molecular flexibility index (Phi) is 3.59. The van der Waals surface area contributed by atoms with Gasteiger partial charge in [-0.2, -0.15) is 10.2 Å². The van der Waals surface area contributed by atoms with Gasteiger partial charge in [-0.05, 0) is 16.8 Å². The fraction of sp³-hybridized carbons (Fsp3) is 1.00. The predicted molar refractivity (Wildman–Crippen MR) is 48.0 cm³/mol. The molecule has 58 valence electrons. The summed E-state index contributed by atoms with van der Waals surface area (Å²) in [6.07, 6.45) is 0. The maximum absolute atomic E-state index is 6.12. The zero-order chi connectivity index (χ0) is 7.49. The molecule has 0 fully saturated rings. The fourth-order valence-corrected chi connectivity index (χ4v) is 2.61. The lowest BCUT2D eigenvalue weighted by Crippen LogP contribution is -2.24. The summed E-state index contributed by atoms with van der Waals surface area (Å²) in [5.74, 6) is 2.34. The SMILES string of the molecule is CCS(N)(CC)C(C)C. The maximum Gasteiger partial charge on any atom is -0.00544 e. The summed E-state index contributed by atoms with van der Waals surface area (Å²) in [7, 11) is -0.731. The third kappa shape index (κ3) is 2.18. The van der Waals surface area contributed by atoms with Gasteiger partial charge in [0.15, 0.2) is 0 Å². The molecular weight excluding hydrogens is 130 g/mol. The normalized spacial score (nSPS) is 14.4. The van der Waals surface area contributed by atoms with Crippen molar-refractivity contribution in [2.75, 3.05) is 11.5 Å². The van der Waals surface area contributed by atoms with Gasteiger partial charge in [-0.15, -0.1) is 0 Å². The monoisotopic (exact) mass is 149 g/mol. The van der Waals surface area contributed by atoms with E-state index in [2.05, 4.69) is 27.7 Å². The Morgan fingerprint density at radius 2 is 1.56 bits per heavy atom. The molecule has 0 saturated carbocycles. The summed E-state index contributed by atoms with van der Waals surface area (Å²) in [4.78, 5) is 0. The molecule has 0 aromatic rings. The molecule has 0 saturated heterocycles. The number of hydrogen-bond donors (Lipinski definition) is 1. The molecule has 0 bridgehead atoms. The molecule has 0 aromatic carbocycles. The van der Waals surface area contributed by atoms with Crippen molar-refractivity contribution in [2.24, 2.45) is 5.14 Å². The van der Waals surface area contributed by atoms with E-state index in [1.807, 2.05) is 0 Å². The van der Waals surface area contributed by atoms with E-state index in [9.17, 15) is 0 Å². The number of nitrogens with two attached hydrogens (primary N) is 1. The van der Waals surface area contributed by atoms with Crippen LogP contribution in [0.15, 0.2) is 0 Å². The van der Waals surface area contributed by atoms with Gasteiger partial charge in [-0.25, -0.2) is 0 Å². The van der Waals surface area contributed by atoms with Crippen molar-refractivity contribution < 1.29 is 0 Å². The molecule has 0 aliphatic carbocycles. The van der Waals surface area contributed by atoms with Crippen LogP contribution in [-0.4, -0.2) is 16.8 Å². The highest BCUT2D eigenvalue weighted by Crippen LogP contribution is 2.43. The minimum Gasteiger partial charge on any atom is -0.294 e. The van der Waals surface area contributed by atoms with Gasteiger partial charge in [0.1, 0.15) is 0 Å². The highest BCUT2D eigenvalue weighted by Gasteiger charge is 2.17. The van der Waals surface area contributed by atoms with Gasteiger partial charge in [0, 0.05) is 0 Å². The molecule has 0 heterocycles. The zero-order valence-electron chi connectivity index (χ0n) is 6.98. The summed E-state index contributed by atoms with van der Waals surface area (Å²) in [5, 5.41) is 6.81. The Labute approximate surface area is 60.5 Å². The molecule has 0 atom stereocenters. The van der Waals surface area contributed by atoms with Gasteiger partial charge in [0.05, 0.1) is 0 Å². The van der Waals surface area contributed by atoms with Crippen LogP contribution in [0.2, 0.25) is 0 Å². The Bertz CT molecular complexity index is 77.0.